The molecular weight excluding hydrogens is 332 g/mol. The first-order chi connectivity index (χ1) is 7.79. The number of alkyl halides is 2. The summed E-state index contributed by atoms with van der Waals surface area (Å²) in [4.78, 5) is 8.47. The summed E-state index contributed by atoms with van der Waals surface area (Å²) in [5, 5.41) is 0. The summed E-state index contributed by atoms with van der Waals surface area (Å²) >= 11 is 7.39. The SMILES string of the molecule is BrC(c1ccncc1)C(Br)c1ccncc1. The van der Waals surface area contributed by atoms with Gasteiger partial charge < -0.3 is 0 Å². The van der Waals surface area contributed by atoms with Crippen LogP contribution in [0.25, 0.3) is 0 Å². The number of rotatable bonds is 3. The molecule has 0 aliphatic carbocycles. The monoisotopic (exact) mass is 340 g/mol. The second-order valence-corrected chi connectivity index (χ2v) is 5.34. The predicted molar refractivity (Wildman–Crippen MR) is 71.8 cm³/mol. The smallest absolute Gasteiger partial charge is 0.0562 e. The minimum Gasteiger partial charge on any atom is -0.265 e. The van der Waals surface area contributed by atoms with Gasteiger partial charge in [-0.15, -0.1) is 0 Å². The summed E-state index contributed by atoms with van der Waals surface area (Å²) in [5.41, 5.74) is 2.40. The van der Waals surface area contributed by atoms with E-state index in [1.165, 1.54) is 11.1 Å². The molecule has 2 aromatic rings. The van der Waals surface area contributed by atoms with Crippen molar-refractivity contribution in [1.82, 2.24) is 9.97 Å². The van der Waals surface area contributed by atoms with Crippen LogP contribution in [0.4, 0.5) is 0 Å². The topological polar surface area (TPSA) is 25.8 Å². The Bertz CT molecular complexity index is 390. The molecule has 2 unspecified atom stereocenters. The second-order valence-electron chi connectivity index (χ2n) is 3.36. The largest absolute Gasteiger partial charge is 0.265 e. The predicted octanol–water partition coefficient (Wildman–Crippen LogP) is 4.05. The maximum atomic E-state index is 4.01. The van der Waals surface area contributed by atoms with Crippen LogP contribution < -0.4 is 0 Å². The Kier molecular flexibility index (Phi) is 4.07. The van der Waals surface area contributed by atoms with Gasteiger partial charge >= 0.3 is 0 Å². The third-order valence-corrected chi connectivity index (χ3v) is 5.13. The zero-order valence-corrected chi connectivity index (χ0v) is 11.6. The van der Waals surface area contributed by atoms with Gasteiger partial charge in [0.2, 0.25) is 0 Å². The molecule has 0 fully saturated rings. The Labute approximate surface area is 111 Å². The van der Waals surface area contributed by atoms with Gasteiger partial charge in [0.25, 0.3) is 0 Å². The minimum atomic E-state index is 0.220. The van der Waals surface area contributed by atoms with E-state index in [1.54, 1.807) is 24.8 Å². The molecule has 0 aliphatic heterocycles. The van der Waals surface area contributed by atoms with E-state index in [4.69, 9.17) is 0 Å². The molecule has 0 spiro atoms. The van der Waals surface area contributed by atoms with Crippen LogP contribution in [0.5, 0.6) is 0 Å². The quantitative estimate of drug-likeness (QED) is 0.787. The van der Waals surface area contributed by atoms with Gasteiger partial charge in [0, 0.05) is 24.8 Å². The highest BCUT2D eigenvalue weighted by Crippen LogP contribution is 2.41. The highest BCUT2D eigenvalue weighted by molar-refractivity contribution is 9.12. The van der Waals surface area contributed by atoms with E-state index in [0.717, 1.165) is 0 Å². The number of hydrogen-bond donors (Lipinski definition) is 0. The summed E-state index contributed by atoms with van der Waals surface area (Å²) in [5.74, 6) is 0. The number of hydrogen-bond acceptors (Lipinski definition) is 2. The molecule has 2 atom stereocenters. The van der Waals surface area contributed by atoms with Crippen molar-refractivity contribution >= 4 is 31.9 Å². The third kappa shape index (κ3) is 2.68. The van der Waals surface area contributed by atoms with Crippen LogP contribution in [0, 0.1) is 0 Å². The van der Waals surface area contributed by atoms with Gasteiger partial charge in [0.05, 0.1) is 9.65 Å². The fraction of sp³-hybridized carbons (Fsp3) is 0.167. The third-order valence-electron chi connectivity index (χ3n) is 2.31. The van der Waals surface area contributed by atoms with Crippen LogP contribution in [0.2, 0.25) is 0 Å². The molecular formula is C12H10Br2N2. The Morgan fingerprint density at radius 2 is 1.00 bits per heavy atom. The molecule has 16 heavy (non-hydrogen) atoms. The van der Waals surface area contributed by atoms with Crippen LogP contribution >= 0.6 is 31.9 Å². The zero-order valence-electron chi connectivity index (χ0n) is 8.42. The summed E-state index contributed by atoms with van der Waals surface area (Å²) < 4.78 is 0. The molecule has 2 aromatic heterocycles. The average Bonchev–Trinajstić information content (AvgIpc) is 2.39. The van der Waals surface area contributed by atoms with Gasteiger partial charge in [0.1, 0.15) is 0 Å². The molecule has 2 nitrogen and oxygen atoms in total. The van der Waals surface area contributed by atoms with Gasteiger partial charge in [-0.25, -0.2) is 0 Å². The maximum absolute atomic E-state index is 4.01. The first-order valence-electron chi connectivity index (χ1n) is 4.87. The first kappa shape index (κ1) is 11.7. The van der Waals surface area contributed by atoms with Crippen molar-refractivity contribution in [3.63, 3.8) is 0 Å². The average molecular weight is 342 g/mol. The Morgan fingerprint density at radius 3 is 1.31 bits per heavy atom. The lowest BCUT2D eigenvalue weighted by atomic mass is 10.1. The van der Waals surface area contributed by atoms with Crippen molar-refractivity contribution in [2.75, 3.05) is 0 Å². The summed E-state index contributed by atoms with van der Waals surface area (Å²) in [7, 11) is 0. The van der Waals surface area contributed by atoms with Gasteiger partial charge in [-0.2, -0.15) is 0 Å². The van der Waals surface area contributed by atoms with E-state index in [2.05, 4.69) is 41.8 Å². The minimum absolute atomic E-state index is 0.220. The standard InChI is InChI=1S/C12H10Br2N2/c13-11(9-1-5-15-6-2-9)12(14)10-3-7-16-8-4-10/h1-8,11-12H. The van der Waals surface area contributed by atoms with Crippen molar-refractivity contribution in [1.29, 1.82) is 0 Å². The lowest BCUT2D eigenvalue weighted by molar-refractivity contribution is 0.929. The van der Waals surface area contributed by atoms with Gasteiger partial charge in [-0.1, -0.05) is 31.9 Å². The van der Waals surface area contributed by atoms with E-state index in [9.17, 15) is 0 Å². The molecule has 4 heteroatoms. The van der Waals surface area contributed by atoms with Crippen LogP contribution in [-0.4, -0.2) is 9.97 Å². The zero-order chi connectivity index (χ0) is 11.4. The molecule has 0 saturated carbocycles. The van der Waals surface area contributed by atoms with Crippen molar-refractivity contribution in [3.8, 4) is 0 Å². The van der Waals surface area contributed by atoms with E-state index in [-0.39, 0.29) is 9.65 Å². The molecule has 0 amide bonds. The summed E-state index contributed by atoms with van der Waals surface area (Å²) in [6.45, 7) is 0. The molecule has 0 saturated heterocycles. The lowest BCUT2D eigenvalue weighted by Gasteiger charge is -2.17. The fourth-order valence-electron chi connectivity index (χ4n) is 1.43. The molecule has 0 bridgehead atoms. The lowest BCUT2D eigenvalue weighted by Crippen LogP contribution is -1.99. The highest BCUT2D eigenvalue weighted by atomic mass is 79.9. The molecule has 0 radical (unpaired) electrons. The molecule has 2 heterocycles. The maximum Gasteiger partial charge on any atom is 0.0562 e. The Morgan fingerprint density at radius 1 is 0.688 bits per heavy atom. The Balaban J connectivity index is 2.20. The van der Waals surface area contributed by atoms with E-state index < -0.39 is 0 Å². The van der Waals surface area contributed by atoms with Crippen molar-refractivity contribution in [3.05, 3.63) is 60.2 Å². The molecule has 0 aromatic carbocycles. The molecule has 0 N–H and O–H groups in total. The summed E-state index contributed by atoms with van der Waals surface area (Å²) in [6, 6.07) is 8.04. The van der Waals surface area contributed by atoms with Crippen LogP contribution in [0.3, 0.4) is 0 Å². The van der Waals surface area contributed by atoms with E-state index in [0.29, 0.717) is 0 Å². The Hall–Kier alpha value is -0.740. The van der Waals surface area contributed by atoms with Crippen molar-refractivity contribution in [2.45, 2.75) is 9.65 Å². The number of nitrogens with zero attached hydrogens (tertiary/aromatic N) is 2. The first-order valence-corrected chi connectivity index (χ1v) is 6.70. The molecule has 82 valence electrons. The number of aromatic nitrogens is 2. The van der Waals surface area contributed by atoms with Crippen LogP contribution in [-0.2, 0) is 0 Å². The van der Waals surface area contributed by atoms with E-state index >= 15 is 0 Å². The van der Waals surface area contributed by atoms with Crippen molar-refractivity contribution < 1.29 is 0 Å². The number of pyridine rings is 2. The summed E-state index contributed by atoms with van der Waals surface area (Å²) in [6.07, 6.45) is 7.21. The highest BCUT2D eigenvalue weighted by Gasteiger charge is 2.19. The normalized spacial score (nSPS) is 14.4. The van der Waals surface area contributed by atoms with Gasteiger partial charge in [-0.05, 0) is 35.4 Å². The second kappa shape index (κ2) is 5.55. The van der Waals surface area contributed by atoms with Gasteiger partial charge in [0.15, 0.2) is 0 Å². The van der Waals surface area contributed by atoms with Crippen LogP contribution in [0.15, 0.2) is 49.1 Å². The van der Waals surface area contributed by atoms with E-state index in [1.807, 2.05) is 24.3 Å². The molecule has 2 rings (SSSR count). The van der Waals surface area contributed by atoms with Crippen molar-refractivity contribution in [2.24, 2.45) is 0 Å². The van der Waals surface area contributed by atoms with Crippen LogP contribution in [0.1, 0.15) is 20.8 Å². The fourth-order valence-corrected chi connectivity index (χ4v) is 2.65. The van der Waals surface area contributed by atoms with Gasteiger partial charge in [-0.3, -0.25) is 9.97 Å². The number of halogens is 2. The molecule has 0 aliphatic rings.